The fourth-order valence-corrected chi connectivity index (χ4v) is 3.12. The highest BCUT2D eigenvalue weighted by Crippen LogP contribution is 2.27. The fraction of sp³-hybridized carbons (Fsp3) is 0.0417. The lowest BCUT2D eigenvalue weighted by molar-refractivity contribution is -0.111. The van der Waals surface area contributed by atoms with Gasteiger partial charge in [-0.2, -0.15) is 0 Å². The van der Waals surface area contributed by atoms with Crippen molar-refractivity contribution >= 4 is 23.2 Å². The predicted octanol–water partition coefficient (Wildman–Crippen LogP) is 5.13. The van der Waals surface area contributed by atoms with Crippen LogP contribution in [-0.2, 0) is 4.79 Å². The van der Waals surface area contributed by atoms with Crippen LogP contribution in [0.1, 0.15) is 5.56 Å². The second kappa shape index (κ2) is 7.75. The van der Waals surface area contributed by atoms with E-state index in [-0.39, 0.29) is 11.8 Å². The van der Waals surface area contributed by atoms with Crippen molar-refractivity contribution in [1.82, 2.24) is 0 Å². The third-order valence-electron chi connectivity index (χ3n) is 4.45. The van der Waals surface area contributed by atoms with Gasteiger partial charge in [-0.1, -0.05) is 66.7 Å². The molecule has 0 aromatic heterocycles. The zero-order chi connectivity index (χ0) is 18.5. The Balaban J connectivity index is 1.66. The van der Waals surface area contributed by atoms with Gasteiger partial charge in [-0.05, 0) is 42.0 Å². The van der Waals surface area contributed by atoms with Gasteiger partial charge >= 0.3 is 0 Å². The van der Waals surface area contributed by atoms with E-state index in [1.807, 2.05) is 103 Å². The van der Waals surface area contributed by atoms with Gasteiger partial charge in [-0.25, -0.2) is 0 Å². The zero-order valence-corrected chi connectivity index (χ0v) is 14.8. The predicted molar refractivity (Wildman–Crippen MR) is 111 cm³/mol. The van der Waals surface area contributed by atoms with Crippen LogP contribution in [0.4, 0.5) is 11.4 Å². The molecule has 1 aliphatic rings. The number of Topliss-reactive ketones (excluding diaryl/α,β-unsaturated/α-hetero) is 1. The summed E-state index contributed by atoms with van der Waals surface area (Å²) in [5.74, 6) is 0.0103. The van der Waals surface area contributed by atoms with Crippen LogP contribution in [0.3, 0.4) is 0 Å². The molecule has 0 amide bonds. The van der Waals surface area contributed by atoms with Crippen LogP contribution in [0.5, 0.6) is 0 Å². The number of nitrogens with one attached hydrogen (secondary N) is 2. The van der Waals surface area contributed by atoms with Gasteiger partial charge in [-0.3, -0.25) is 4.79 Å². The summed E-state index contributed by atoms with van der Waals surface area (Å²) in [7, 11) is 0. The molecule has 3 aromatic rings. The number of benzene rings is 3. The van der Waals surface area contributed by atoms with Crippen LogP contribution in [0.15, 0.2) is 108 Å². The number of rotatable bonds is 5. The molecule has 0 spiro atoms. The molecule has 0 saturated carbocycles. The maximum Gasteiger partial charge on any atom is 0.207 e. The standard InChI is InChI=1S/C24H20N2O/c27-24-21(16-18-10-4-1-5-11-18)22(25-19-12-6-2-7-13-19)17-23(24)26-20-14-8-3-9-15-20/h1-17,22,25-26H. The second-order valence-corrected chi connectivity index (χ2v) is 6.40. The van der Waals surface area contributed by atoms with Gasteiger partial charge in [-0.15, -0.1) is 0 Å². The molecule has 27 heavy (non-hydrogen) atoms. The van der Waals surface area contributed by atoms with E-state index in [2.05, 4.69) is 10.6 Å². The molecule has 1 unspecified atom stereocenters. The van der Waals surface area contributed by atoms with E-state index >= 15 is 0 Å². The van der Waals surface area contributed by atoms with Gasteiger partial charge in [0.2, 0.25) is 5.78 Å². The molecule has 2 N–H and O–H groups in total. The third-order valence-corrected chi connectivity index (χ3v) is 4.45. The Morgan fingerprint density at radius 3 is 1.89 bits per heavy atom. The second-order valence-electron chi connectivity index (χ2n) is 6.40. The molecule has 1 aliphatic carbocycles. The zero-order valence-electron chi connectivity index (χ0n) is 14.8. The molecule has 1 atom stereocenters. The van der Waals surface area contributed by atoms with Gasteiger partial charge in [0.25, 0.3) is 0 Å². The van der Waals surface area contributed by atoms with E-state index in [1.54, 1.807) is 0 Å². The molecular weight excluding hydrogens is 332 g/mol. The summed E-state index contributed by atoms with van der Waals surface area (Å²) in [6, 6.07) is 29.4. The molecule has 3 aromatic carbocycles. The largest absolute Gasteiger partial charge is 0.374 e. The average Bonchev–Trinajstić information content (AvgIpc) is 2.99. The summed E-state index contributed by atoms with van der Waals surface area (Å²) >= 11 is 0. The molecule has 132 valence electrons. The van der Waals surface area contributed by atoms with E-state index in [4.69, 9.17) is 0 Å². The fourth-order valence-electron chi connectivity index (χ4n) is 3.12. The van der Waals surface area contributed by atoms with Crippen molar-refractivity contribution in [1.29, 1.82) is 0 Å². The molecule has 3 nitrogen and oxygen atoms in total. The topological polar surface area (TPSA) is 41.1 Å². The lowest BCUT2D eigenvalue weighted by Crippen LogP contribution is -2.19. The monoisotopic (exact) mass is 352 g/mol. The minimum atomic E-state index is -0.189. The first-order valence-electron chi connectivity index (χ1n) is 8.96. The Labute approximate surface area is 159 Å². The van der Waals surface area contributed by atoms with Gasteiger partial charge in [0.15, 0.2) is 0 Å². The number of allylic oxidation sites excluding steroid dienone is 1. The Morgan fingerprint density at radius 1 is 0.704 bits per heavy atom. The summed E-state index contributed by atoms with van der Waals surface area (Å²) in [6.45, 7) is 0. The minimum Gasteiger partial charge on any atom is -0.374 e. The molecule has 4 rings (SSSR count). The lowest BCUT2D eigenvalue weighted by atomic mass is 10.0. The highest BCUT2D eigenvalue weighted by molar-refractivity contribution is 6.16. The number of para-hydroxylation sites is 2. The van der Waals surface area contributed by atoms with Crippen LogP contribution in [0.2, 0.25) is 0 Å². The van der Waals surface area contributed by atoms with Gasteiger partial charge in [0.05, 0.1) is 11.7 Å². The highest BCUT2D eigenvalue weighted by atomic mass is 16.1. The maximum atomic E-state index is 13.1. The van der Waals surface area contributed by atoms with Gasteiger partial charge < -0.3 is 10.6 Å². The van der Waals surface area contributed by atoms with Gasteiger partial charge in [0, 0.05) is 16.9 Å². The van der Waals surface area contributed by atoms with Crippen LogP contribution < -0.4 is 10.6 Å². The van der Waals surface area contributed by atoms with Crippen molar-refractivity contribution in [3.63, 3.8) is 0 Å². The van der Waals surface area contributed by atoms with Crippen molar-refractivity contribution in [3.8, 4) is 0 Å². The number of anilines is 2. The molecule has 3 heteroatoms. The number of hydrogen-bond donors (Lipinski definition) is 2. The first-order valence-corrected chi connectivity index (χ1v) is 8.96. The summed E-state index contributed by atoms with van der Waals surface area (Å²) in [6.07, 6.45) is 3.91. The number of carbonyl (C=O) groups excluding carboxylic acids is 1. The Kier molecular flexibility index (Phi) is 4.84. The summed E-state index contributed by atoms with van der Waals surface area (Å²) in [5, 5.41) is 6.70. The van der Waals surface area contributed by atoms with Crippen LogP contribution in [0, 0.1) is 0 Å². The number of carbonyl (C=O) groups is 1. The SMILES string of the molecule is O=C1C(Nc2ccccc2)=CC(Nc2ccccc2)C1=Cc1ccccc1. The maximum absolute atomic E-state index is 13.1. The molecule has 0 aliphatic heterocycles. The van der Waals surface area contributed by atoms with E-state index in [1.165, 1.54) is 0 Å². The molecule has 0 radical (unpaired) electrons. The number of hydrogen-bond acceptors (Lipinski definition) is 3. The number of ketones is 1. The van der Waals surface area contributed by atoms with Gasteiger partial charge in [0.1, 0.15) is 0 Å². The smallest absolute Gasteiger partial charge is 0.207 e. The molecule has 0 heterocycles. The van der Waals surface area contributed by atoms with Crippen LogP contribution in [-0.4, -0.2) is 11.8 Å². The molecular formula is C24H20N2O. The molecule has 0 bridgehead atoms. The van der Waals surface area contributed by atoms with E-state index < -0.39 is 0 Å². The van der Waals surface area contributed by atoms with E-state index in [0.29, 0.717) is 5.70 Å². The average molecular weight is 352 g/mol. The lowest BCUT2D eigenvalue weighted by Gasteiger charge is -2.14. The van der Waals surface area contributed by atoms with Crippen molar-refractivity contribution in [2.24, 2.45) is 0 Å². The summed E-state index contributed by atoms with van der Waals surface area (Å²) < 4.78 is 0. The Hall–Kier alpha value is -3.59. The summed E-state index contributed by atoms with van der Waals surface area (Å²) in [5.41, 5.74) is 4.21. The van der Waals surface area contributed by atoms with Crippen LogP contribution >= 0.6 is 0 Å². The Bertz CT molecular complexity index is 977. The van der Waals surface area contributed by atoms with E-state index in [9.17, 15) is 4.79 Å². The van der Waals surface area contributed by atoms with Crippen LogP contribution in [0.25, 0.3) is 6.08 Å². The Morgan fingerprint density at radius 2 is 1.26 bits per heavy atom. The minimum absolute atomic E-state index is 0.0103. The molecule has 0 fully saturated rings. The van der Waals surface area contributed by atoms with E-state index in [0.717, 1.165) is 22.5 Å². The molecule has 0 saturated heterocycles. The van der Waals surface area contributed by atoms with Crippen molar-refractivity contribution in [2.45, 2.75) is 6.04 Å². The first kappa shape index (κ1) is 16.9. The summed E-state index contributed by atoms with van der Waals surface area (Å²) in [4.78, 5) is 13.1. The highest BCUT2D eigenvalue weighted by Gasteiger charge is 2.30. The van der Waals surface area contributed by atoms with Crippen molar-refractivity contribution < 1.29 is 4.79 Å². The van der Waals surface area contributed by atoms with Crippen molar-refractivity contribution in [2.75, 3.05) is 10.6 Å². The third kappa shape index (κ3) is 3.98. The first-order chi connectivity index (χ1) is 13.3. The van der Waals surface area contributed by atoms with Crippen molar-refractivity contribution in [3.05, 3.63) is 114 Å². The quantitative estimate of drug-likeness (QED) is 0.626. The normalized spacial score (nSPS) is 17.6.